The molecule has 1 saturated heterocycles. The van der Waals surface area contributed by atoms with Gasteiger partial charge in [0.15, 0.2) is 0 Å². The third kappa shape index (κ3) is 2.98. The van der Waals surface area contributed by atoms with Crippen molar-refractivity contribution in [3.8, 4) is 0 Å². The summed E-state index contributed by atoms with van der Waals surface area (Å²) in [6, 6.07) is 0.740. The summed E-state index contributed by atoms with van der Waals surface area (Å²) < 4.78 is 0. The zero-order valence-corrected chi connectivity index (χ0v) is 11.7. The van der Waals surface area contributed by atoms with E-state index >= 15 is 0 Å². The number of rotatable bonds is 7. The summed E-state index contributed by atoms with van der Waals surface area (Å²) in [6.07, 6.45) is 6.46. The highest BCUT2D eigenvalue weighted by Gasteiger charge is 2.36. The van der Waals surface area contributed by atoms with Gasteiger partial charge in [-0.1, -0.05) is 27.7 Å². The Balaban J connectivity index is 2.49. The molecule has 0 aromatic rings. The molecule has 1 fully saturated rings. The first-order chi connectivity index (χ1) is 7.72. The predicted octanol–water partition coefficient (Wildman–Crippen LogP) is 3.03. The minimum atomic E-state index is 0.475. The normalized spacial score (nSPS) is 22.9. The van der Waals surface area contributed by atoms with Gasteiger partial charge in [0.1, 0.15) is 0 Å². The molecule has 1 unspecified atom stereocenters. The van der Waals surface area contributed by atoms with E-state index in [1.807, 2.05) is 0 Å². The van der Waals surface area contributed by atoms with Gasteiger partial charge in [-0.15, -0.1) is 0 Å². The first kappa shape index (κ1) is 14.0. The largest absolute Gasteiger partial charge is 0.313 e. The van der Waals surface area contributed by atoms with Crippen LogP contribution < -0.4 is 5.32 Å². The molecule has 0 amide bonds. The van der Waals surface area contributed by atoms with Gasteiger partial charge in [-0.3, -0.25) is 4.90 Å². The lowest BCUT2D eigenvalue weighted by molar-refractivity contribution is 0.0982. The molecule has 1 N–H and O–H groups in total. The lowest BCUT2D eigenvalue weighted by Gasteiger charge is -2.40. The third-order valence-corrected chi connectivity index (χ3v) is 4.52. The molecule has 0 aliphatic carbocycles. The van der Waals surface area contributed by atoms with Crippen LogP contribution >= 0.6 is 0 Å². The fourth-order valence-corrected chi connectivity index (χ4v) is 3.13. The van der Waals surface area contributed by atoms with Crippen LogP contribution in [0.2, 0.25) is 0 Å². The van der Waals surface area contributed by atoms with Gasteiger partial charge in [-0.25, -0.2) is 0 Å². The Bertz CT molecular complexity index is 179. The zero-order valence-electron chi connectivity index (χ0n) is 11.7. The van der Waals surface area contributed by atoms with Crippen molar-refractivity contribution < 1.29 is 0 Å². The van der Waals surface area contributed by atoms with Gasteiger partial charge in [-0.05, 0) is 38.6 Å². The molecule has 1 rings (SSSR count). The molecule has 1 heterocycles. The van der Waals surface area contributed by atoms with E-state index in [-0.39, 0.29) is 0 Å². The van der Waals surface area contributed by atoms with Crippen molar-refractivity contribution in [3.63, 3.8) is 0 Å². The van der Waals surface area contributed by atoms with Crippen LogP contribution in [0.5, 0.6) is 0 Å². The Hall–Kier alpha value is -0.0800. The van der Waals surface area contributed by atoms with Gasteiger partial charge in [0.2, 0.25) is 0 Å². The van der Waals surface area contributed by atoms with E-state index in [2.05, 4.69) is 37.9 Å². The summed E-state index contributed by atoms with van der Waals surface area (Å²) in [5.41, 5.74) is 0.475. The Kier molecular flexibility index (Phi) is 5.77. The van der Waals surface area contributed by atoms with Crippen LogP contribution in [0, 0.1) is 0 Å². The van der Waals surface area contributed by atoms with Crippen molar-refractivity contribution in [2.24, 2.45) is 0 Å². The van der Waals surface area contributed by atoms with Crippen LogP contribution in [-0.2, 0) is 0 Å². The van der Waals surface area contributed by atoms with Crippen LogP contribution in [0.15, 0.2) is 0 Å². The highest BCUT2D eigenvalue weighted by Crippen LogP contribution is 2.31. The number of likely N-dealkylation sites (tertiary alicyclic amines) is 1. The number of nitrogens with zero attached hydrogens (tertiary/aromatic N) is 1. The lowest BCUT2D eigenvalue weighted by atomic mass is 9.88. The van der Waals surface area contributed by atoms with Crippen molar-refractivity contribution in [2.75, 3.05) is 19.6 Å². The molecule has 1 atom stereocenters. The molecule has 0 aromatic carbocycles. The van der Waals surface area contributed by atoms with Crippen LogP contribution in [0.4, 0.5) is 0 Å². The van der Waals surface area contributed by atoms with E-state index in [4.69, 9.17) is 0 Å². The summed E-state index contributed by atoms with van der Waals surface area (Å²) in [5, 5.41) is 3.66. The van der Waals surface area contributed by atoms with Crippen LogP contribution in [0.25, 0.3) is 0 Å². The first-order valence-corrected chi connectivity index (χ1v) is 7.20. The number of hydrogen-bond donors (Lipinski definition) is 1. The number of nitrogens with one attached hydrogen (secondary N) is 1. The molecule has 2 nitrogen and oxygen atoms in total. The Morgan fingerprint density at radius 3 is 2.25 bits per heavy atom. The molecular weight excluding hydrogens is 196 g/mol. The van der Waals surface area contributed by atoms with E-state index in [0.29, 0.717) is 5.54 Å². The summed E-state index contributed by atoms with van der Waals surface area (Å²) in [6.45, 7) is 13.0. The third-order valence-electron chi connectivity index (χ3n) is 4.52. The van der Waals surface area contributed by atoms with E-state index < -0.39 is 0 Å². The van der Waals surface area contributed by atoms with Gasteiger partial charge in [0.25, 0.3) is 0 Å². The van der Waals surface area contributed by atoms with Crippen molar-refractivity contribution >= 4 is 0 Å². The first-order valence-electron chi connectivity index (χ1n) is 7.20. The van der Waals surface area contributed by atoms with Crippen LogP contribution in [0.1, 0.15) is 59.8 Å². The average Bonchev–Trinajstić information content (AvgIpc) is 2.79. The fraction of sp³-hybridized carbons (Fsp3) is 1.00. The molecule has 0 spiro atoms. The molecule has 96 valence electrons. The Morgan fingerprint density at radius 1 is 1.12 bits per heavy atom. The highest BCUT2D eigenvalue weighted by molar-refractivity contribution is 4.93. The van der Waals surface area contributed by atoms with Gasteiger partial charge < -0.3 is 5.32 Å². The van der Waals surface area contributed by atoms with Gasteiger partial charge >= 0.3 is 0 Å². The summed E-state index contributed by atoms with van der Waals surface area (Å²) in [4.78, 5) is 2.74. The summed E-state index contributed by atoms with van der Waals surface area (Å²) in [7, 11) is 0. The minimum Gasteiger partial charge on any atom is -0.313 e. The summed E-state index contributed by atoms with van der Waals surface area (Å²) >= 11 is 0. The SMILES string of the molecule is CCCNC1CCN(C(CC)(CC)CC)C1. The maximum atomic E-state index is 3.66. The van der Waals surface area contributed by atoms with Crippen LogP contribution in [0.3, 0.4) is 0 Å². The minimum absolute atomic E-state index is 0.475. The smallest absolute Gasteiger partial charge is 0.0207 e. The van der Waals surface area contributed by atoms with Crippen molar-refractivity contribution in [2.45, 2.75) is 71.4 Å². The van der Waals surface area contributed by atoms with E-state index in [1.165, 1.54) is 51.7 Å². The topological polar surface area (TPSA) is 15.3 Å². The van der Waals surface area contributed by atoms with E-state index in [1.54, 1.807) is 0 Å². The van der Waals surface area contributed by atoms with E-state index in [0.717, 1.165) is 6.04 Å². The standard InChI is InChI=1S/C14H30N2/c1-5-10-15-13-9-11-16(12-13)14(6-2,7-3)8-4/h13,15H,5-12H2,1-4H3. The maximum absolute atomic E-state index is 3.66. The highest BCUT2D eigenvalue weighted by atomic mass is 15.2. The molecule has 16 heavy (non-hydrogen) atoms. The molecule has 2 heteroatoms. The van der Waals surface area contributed by atoms with Crippen LogP contribution in [-0.4, -0.2) is 36.1 Å². The van der Waals surface area contributed by atoms with Gasteiger partial charge in [0, 0.05) is 24.7 Å². The molecule has 0 aromatic heterocycles. The van der Waals surface area contributed by atoms with Gasteiger partial charge in [0.05, 0.1) is 0 Å². The molecule has 1 aliphatic rings. The van der Waals surface area contributed by atoms with Gasteiger partial charge in [-0.2, -0.15) is 0 Å². The lowest BCUT2D eigenvalue weighted by Crippen LogP contribution is -2.47. The van der Waals surface area contributed by atoms with Crippen molar-refractivity contribution in [1.82, 2.24) is 10.2 Å². The predicted molar refractivity (Wildman–Crippen MR) is 71.9 cm³/mol. The second-order valence-corrected chi connectivity index (χ2v) is 5.17. The molecule has 0 bridgehead atoms. The fourth-order valence-electron chi connectivity index (χ4n) is 3.13. The Morgan fingerprint density at radius 2 is 1.75 bits per heavy atom. The monoisotopic (exact) mass is 226 g/mol. The second-order valence-electron chi connectivity index (χ2n) is 5.17. The molecule has 0 radical (unpaired) electrons. The molecule has 0 saturated carbocycles. The quantitative estimate of drug-likeness (QED) is 0.718. The zero-order chi connectivity index (χ0) is 12.0. The molecular formula is C14H30N2. The maximum Gasteiger partial charge on any atom is 0.0207 e. The Labute approximate surface area is 102 Å². The van der Waals surface area contributed by atoms with Crippen molar-refractivity contribution in [1.29, 1.82) is 0 Å². The molecule has 1 aliphatic heterocycles. The second kappa shape index (κ2) is 6.61. The van der Waals surface area contributed by atoms with Crippen molar-refractivity contribution in [3.05, 3.63) is 0 Å². The summed E-state index contributed by atoms with van der Waals surface area (Å²) in [5.74, 6) is 0. The number of hydrogen-bond acceptors (Lipinski definition) is 2. The average molecular weight is 226 g/mol. The van der Waals surface area contributed by atoms with E-state index in [9.17, 15) is 0 Å².